The average molecular weight is 374 g/mol. The highest BCUT2D eigenvalue weighted by atomic mass is 16.5. The molecule has 1 saturated carbocycles. The Balaban J connectivity index is 1.43. The predicted octanol–water partition coefficient (Wildman–Crippen LogP) is 4.99. The molecule has 0 amide bonds. The van der Waals surface area contributed by atoms with E-state index in [1.54, 1.807) is 6.33 Å². The minimum Gasteiger partial charge on any atom is -0.490 e. The number of hydrogen-bond donors (Lipinski definition) is 1. The summed E-state index contributed by atoms with van der Waals surface area (Å²) in [4.78, 5) is 13.1. The van der Waals surface area contributed by atoms with Crippen LogP contribution in [-0.2, 0) is 0 Å². The van der Waals surface area contributed by atoms with E-state index in [2.05, 4.69) is 45.4 Å². The summed E-state index contributed by atoms with van der Waals surface area (Å²) in [6.45, 7) is 4.96. The van der Waals surface area contributed by atoms with Crippen molar-refractivity contribution in [2.45, 2.75) is 45.1 Å². The number of nitrogens with one attached hydrogen (secondary N) is 1. The highest BCUT2D eigenvalue weighted by Gasteiger charge is 2.21. The van der Waals surface area contributed by atoms with E-state index in [0.717, 1.165) is 35.1 Å². The first-order valence-electron chi connectivity index (χ1n) is 9.93. The number of aryl methyl sites for hydroxylation is 1. The SMILES string of the molecule is Cc1ccc(-c2cc(NCC(C)c3ccccc3OC3CCC3)ncn2)cn1. The van der Waals surface area contributed by atoms with E-state index in [4.69, 9.17) is 4.74 Å². The summed E-state index contributed by atoms with van der Waals surface area (Å²) >= 11 is 0. The normalized spacial score (nSPS) is 14.9. The second-order valence-corrected chi connectivity index (χ2v) is 7.47. The van der Waals surface area contributed by atoms with E-state index in [1.807, 2.05) is 37.4 Å². The molecule has 3 aromatic rings. The molecule has 144 valence electrons. The first-order chi connectivity index (χ1) is 13.7. The number of nitrogens with zero attached hydrogens (tertiary/aromatic N) is 3. The zero-order valence-electron chi connectivity index (χ0n) is 16.4. The monoisotopic (exact) mass is 374 g/mol. The van der Waals surface area contributed by atoms with Gasteiger partial charge in [-0.15, -0.1) is 0 Å². The molecule has 2 aromatic heterocycles. The fourth-order valence-electron chi connectivity index (χ4n) is 3.26. The minimum absolute atomic E-state index is 0.302. The number of ether oxygens (including phenoxy) is 1. The van der Waals surface area contributed by atoms with Crippen LogP contribution in [0.1, 0.15) is 43.4 Å². The van der Waals surface area contributed by atoms with Gasteiger partial charge in [-0.2, -0.15) is 0 Å². The maximum Gasteiger partial charge on any atom is 0.129 e. The standard InChI is InChI=1S/C23H26N4O/c1-16(20-8-3-4-9-22(20)28-19-6-5-7-19)13-25-23-12-21(26-15-27-23)18-11-10-17(2)24-14-18/h3-4,8-12,14-16,19H,5-7,13H2,1-2H3,(H,25,26,27). The number of hydrogen-bond acceptors (Lipinski definition) is 5. The van der Waals surface area contributed by atoms with Crippen molar-refractivity contribution < 1.29 is 4.74 Å². The van der Waals surface area contributed by atoms with Crippen LogP contribution in [0.3, 0.4) is 0 Å². The molecule has 0 radical (unpaired) electrons. The van der Waals surface area contributed by atoms with Crippen LogP contribution in [0, 0.1) is 6.92 Å². The second-order valence-electron chi connectivity index (χ2n) is 7.47. The van der Waals surface area contributed by atoms with Crippen LogP contribution < -0.4 is 10.1 Å². The second kappa shape index (κ2) is 8.38. The Kier molecular flexibility index (Phi) is 5.51. The molecule has 1 aromatic carbocycles. The lowest BCUT2D eigenvalue weighted by atomic mass is 9.95. The smallest absolute Gasteiger partial charge is 0.129 e. The van der Waals surface area contributed by atoms with Gasteiger partial charge < -0.3 is 10.1 Å². The van der Waals surface area contributed by atoms with E-state index in [-0.39, 0.29) is 0 Å². The Morgan fingerprint density at radius 3 is 2.71 bits per heavy atom. The van der Waals surface area contributed by atoms with E-state index in [9.17, 15) is 0 Å². The van der Waals surface area contributed by atoms with Gasteiger partial charge in [0.25, 0.3) is 0 Å². The zero-order valence-corrected chi connectivity index (χ0v) is 16.4. The van der Waals surface area contributed by atoms with Gasteiger partial charge in [0.05, 0.1) is 11.8 Å². The van der Waals surface area contributed by atoms with Gasteiger partial charge in [0.1, 0.15) is 17.9 Å². The molecular formula is C23H26N4O. The van der Waals surface area contributed by atoms with Gasteiger partial charge in [-0.05, 0) is 49.9 Å². The molecular weight excluding hydrogens is 348 g/mol. The first kappa shape index (κ1) is 18.4. The summed E-state index contributed by atoms with van der Waals surface area (Å²) in [5, 5.41) is 3.45. The van der Waals surface area contributed by atoms with Crippen molar-refractivity contribution in [2.24, 2.45) is 0 Å². The molecule has 0 spiro atoms. The predicted molar refractivity (Wildman–Crippen MR) is 112 cm³/mol. The van der Waals surface area contributed by atoms with Crippen molar-refractivity contribution in [2.75, 3.05) is 11.9 Å². The van der Waals surface area contributed by atoms with Crippen molar-refractivity contribution in [3.63, 3.8) is 0 Å². The van der Waals surface area contributed by atoms with Gasteiger partial charge in [-0.25, -0.2) is 9.97 Å². The fraction of sp³-hybridized carbons (Fsp3) is 0.348. The molecule has 1 atom stereocenters. The lowest BCUT2D eigenvalue weighted by Crippen LogP contribution is -2.25. The number of anilines is 1. The number of pyridine rings is 1. The summed E-state index contributed by atoms with van der Waals surface area (Å²) in [7, 11) is 0. The van der Waals surface area contributed by atoms with Crippen molar-refractivity contribution in [3.05, 3.63) is 66.2 Å². The minimum atomic E-state index is 0.302. The molecule has 5 heteroatoms. The molecule has 5 nitrogen and oxygen atoms in total. The summed E-state index contributed by atoms with van der Waals surface area (Å²) in [6, 6.07) is 14.4. The molecule has 2 heterocycles. The summed E-state index contributed by atoms with van der Waals surface area (Å²) in [6.07, 6.45) is 7.43. The third-order valence-corrected chi connectivity index (χ3v) is 5.26. The molecule has 0 bridgehead atoms. The van der Waals surface area contributed by atoms with Crippen LogP contribution in [0.4, 0.5) is 5.82 Å². The Bertz CT molecular complexity index is 922. The maximum absolute atomic E-state index is 6.18. The third kappa shape index (κ3) is 4.30. The molecule has 1 aliphatic carbocycles. The number of aromatic nitrogens is 3. The van der Waals surface area contributed by atoms with Gasteiger partial charge in [-0.1, -0.05) is 25.1 Å². The third-order valence-electron chi connectivity index (χ3n) is 5.26. The molecule has 1 fully saturated rings. The summed E-state index contributed by atoms with van der Waals surface area (Å²) in [5.41, 5.74) is 4.08. The number of para-hydroxylation sites is 1. The van der Waals surface area contributed by atoms with Gasteiger partial charge in [-0.3, -0.25) is 4.98 Å². The van der Waals surface area contributed by atoms with E-state index in [1.165, 1.54) is 24.8 Å². The first-order valence-corrected chi connectivity index (χ1v) is 9.93. The van der Waals surface area contributed by atoms with Crippen LogP contribution in [0.5, 0.6) is 5.75 Å². The molecule has 1 N–H and O–H groups in total. The van der Waals surface area contributed by atoms with Crippen LogP contribution in [0.25, 0.3) is 11.3 Å². The summed E-state index contributed by atoms with van der Waals surface area (Å²) in [5.74, 6) is 2.13. The Labute approximate surface area is 166 Å². The van der Waals surface area contributed by atoms with Crippen LogP contribution in [-0.4, -0.2) is 27.6 Å². The lowest BCUT2D eigenvalue weighted by molar-refractivity contribution is 0.118. The van der Waals surface area contributed by atoms with E-state index in [0.29, 0.717) is 12.0 Å². The molecule has 28 heavy (non-hydrogen) atoms. The van der Waals surface area contributed by atoms with Gasteiger partial charge in [0, 0.05) is 36.0 Å². The highest BCUT2D eigenvalue weighted by molar-refractivity contribution is 5.61. The van der Waals surface area contributed by atoms with Crippen LogP contribution in [0.15, 0.2) is 55.0 Å². The molecule has 0 saturated heterocycles. The molecule has 0 aliphatic heterocycles. The van der Waals surface area contributed by atoms with Crippen molar-refractivity contribution in [1.82, 2.24) is 15.0 Å². The van der Waals surface area contributed by atoms with Gasteiger partial charge in [0.15, 0.2) is 0 Å². The topological polar surface area (TPSA) is 59.9 Å². The zero-order chi connectivity index (χ0) is 19.3. The molecule has 1 aliphatic rings. The molecule has 1 unspecified atom stereocenters. The quantitative estimate of drug-likeness (QED) is 0.631. The van der Waals surface area contributed by atoms with E-state index < -0.39 is 0 Å². The number of benzene rings is 1. The highest BCUT2D eigenvalue weighted by Crippen LogP contribution is 2.31. The Hall–Kier alpha value is -2.95. The average Bonchev–Trinajstić information content (AvgIpc) is 2.70. The van der Waals surface area contributed by atoms with Gasteiger partial charge >= 0.3 is 0 Å². The van der Waals surface area contributed by atoms with Crippen molar-refractivity contribution >= 4 is 5.82 Å². The van der Waals surface area contributed by atoms with Gasteiger partial charge in [0.2, 0.25) is 0 Å². The largest absolute Gasteiger partial charge is 0.490 e. The Morgan fingerprint density at radius 2 is 1.96 bits per heavy atom. The van der Waals surface area contributed by atoms with Crippen molar-refractivity contribution in [1.29, 1.82) is 0 Å². The molecule has 4 rings (SSSR count). The maximum atomic E-state index is 6.18. The fourth-order valence-corrected chi connectivity index (χ4v) is 3.26. The van der Waals surface area contributed by atoms with Crippen molar-refractivity contribution in [3.8, 4) is 17.0 Å². The van der Waals surface area contributed by atoms with Crippen LogP contribution >= 0.6 is 0 Å². The number of rotatable bonds is 7. The lowest BCUT2D eigenvalue weighted by Gasteiger charge is -2.28. The summed E-state index contributed by atoms with van der Waals surface area (Å²) < 4.78 is 6.18. The Morgan fingerprint density at radius 1 is 1.11 bits per heavy atom. The van der Waals surface area contributed by atoms with E-state index >= 15 is 0 Å². The van der Waals surface area contributed by atoms with Crippen LogP contribution in [0.2, 0.25) is 0 Å².